The molecule has 21 heavy (non-hydrogen) atoms. The molecule has 1 aliphatic rings. The van der Waals surface area contributed by atoms with Crippen molar-refractivity contribution in [3.8, 4) is 0 Å². The maximum absolute atomic E-state index is 12.2. The highest BCUT2D eigenvalue weighted by molar-refractivity contribution is 5.77. The van der Waals surface area contributed by atoms with Gasteiger partial charge in [-0.25, -0.2) is 0 Å². The number of aliphatic carboxylic acids is 1. The van der Waals surface area contributed by atoms with Gasteiger partial charge in [0, 0.05) is 19.0 Å². The summed E-state index contributed by atoms with van der Waals surface area (Å²) in [4.78, 5) is 25.1. The summed E-state index contributed by atoms with van der Waals surface area (Å²) in [6.07, 6.45) is 10.3. The van der Waals surface area contributed by atoms with Gasteiger partial charge in [0.1, 0.15) is 0 Å². The van der Waals surface area contributed by atoms with E-state index < -0.39 is 5.97 Å². The second-order valence-electron chi connectivity index (χ2n) is 6.37. The molecular formula is C17H31NO3. The van der Waals surface area contributed by atoms with Gasteiger partial charge in [0.25, 0.3) is 0 Å². The number of rotatable bonds is 9. The number of nitrogens with zero attached hydrogens (tertiary/aromatic N) is 1. The summed E-state index contributed by atoms with van der Waals surface area (Å²) in [6.45, 7) is 4.79. The van der Waals surface area contributed by atoms with Crippen molar-refractivity contribution in [3.05, 3.63) is 0 Å². The van der Waals surface area contributed by atoms with E-state index in [1.807, 2.05) is 11.8 Å². The van der Waals surface area contributed by atoms with E-state index in [9.17, 15) is 9.59 Å². The van der Waals surface area contributed by atoms with Gasteiger partial charge in [-0.15, -0.1) is 0 Å². The van der Waals surface area contributed by atoms with E-state index in [1.54, 1.807) is 0 Å². The number of carbonyl (C=O) groups is 2. The highest BCUT2D eigenvalue weighted by Crippen LogP contribution is 2.24. The minimum absolute atomic E-state index is 0.0666. The Bertz CT molecular complexity index is 330. The molecule has 1 aliphatic heterocycles. The lowest BCUT2D eigenvalue weighted by Gasteiger charge is -2.36. The Hall–Kier alpha value is -1.06. The Kier molecular flexibility index (Phi) is 8.40. The van der Waals surface area contributed by atoms with Crippen molar-refractivity contribution in [2.45, 2.75) is 84.1 Å². The molecule has 4 nitrogen and oxygen atoms in total. The van der Waals surface area contributed by atoms with Crippen LogP contribution in [0.1, 0.15) is 78.1 Å². The van der Waals surface area contributed by atoms with E-state index >= 15 is 0 Å². The molecule has 2 unspecified atom stereocenters. The van der Waals surface area contributed by atoms with Crippen LogP contribution in [0.25, 0.3) is 0 Å². The molecule has 1 fully saturated rings. The van der Waals surface area contributed by atoms with Crippen LogP contribution >= 0.6 is 0 Å². The third-order valence-electron chi connectivity index (χ3n) is 4.54. The van der Waals surface area contributed by atoms with Crippen LogP contribution in [0.15, 0.2) is 0 Å². The smallest absolute Gasteiger partial charge is 0.306 e. The molecule has 2 atom stereocenters. The first kappa shape index (κ1) is 18.0. The number of carboxylic acid groups (broad SMARTS) is 1. The van der Waals surface area contributed by atoms with Crippen molar-refractivity contribution in [1.82, 2.24) is 4.90 Å². The van der Waals surface area contributed by atoms with Crippen molar-refractivity contribution < 1.29 is 14.7 Å². The van der Waals surface area contributed by atoms with Gasteiger partial charge in [0.2, 0.25) is 5.91 Å². The quantitative estimate of drug-likeness (QED) is 0.658. The average Bonchev–Trinajstić information content (AvgIpc) is 2.45. The number of likely N-dealkylation sites (tertiary alicyclic amines) is 1. The molecule has 1 amide bonds. The van der Waals surface area contributed by atoms with Crippen molar-refractivity contribution in [2.75, 3.05) is 6.54 Å². The van der Waals surface area contributed by atoms with Crippen molar-refractivity contribution in [2.24, 2.45) is 5.92 Å². The van der Waals surface area contributed by atoms with Crippen LogP contribution in [0, 0.1) is 5.92 Å². The third-order valence-corrected chi connectivity index (χ3v) is 4.54. The lowest BCUT2D eigenvalue weighted by atomic mass is 9.91. The Morgan fingerprint density at radius 3 is 2.29 bits per heavy atom. The molecule has 0 bridgehead atoms. The number of unbranched alkanes of at least 4 members (excludes halogenated alkanes) is 6. The second kappa shape index (κ2) is 9.80. The molecule has 0 aliphatic carbocycles. The normalized spacial score (nSPS) is 22.3. The zero-order chi connectivity index (χ0) is 15.7. The number of hydrogen-bond donors (Lipinski definition) is 1. The highest BCUT2D eigenvalue weighted by atomic mass is 16.4. The lowest BCUT2D eigenvalue weighted by molar-refractivity contribution is -0.147. The fourth-order valence-corrected chi connectivity index (χ4v) is 3.14. The van der Waals surface area contributed by atoms with Gasteiger partial charge in [0.05, 0.1) is 5.92 Å². The number of carbonyl (C=O) groups excluding carboxylic acids is 1. The summed E-state index contributed by atoms with van der Waals surface area (Å²) in [6, 6.07) is 0.0666. The average molecular weight is 297 g/mol. The van der Waals surface area contributed by atoms with Gasteiger partial charge in [-0.1, -0.05) is 45.4 Å². The van der Waals surface area contributed by atoms with Gasteiger partial charge >= 0.3 is 5.97 Å². The standard InChI is InChI=1S/C17H31NO3/c1-3-4-5-6-7-8-9-10-16(19)18-12-11-15(17(20)21)13-14(18)2/h14-15H,3-13H2,1-2H3,(H,20,21). The van der Waals surface area contributed by atoms with E-state index in [-0.39, 0.29) is 17.9 Å². The molecule has 0 spiro atoms. The molecule has 122 valence electrons. The maximum Gasteiger partial charge on any atom is 0.306 e. The van der Waals surface area contributed by atoms with Gasteiger partial charge < -0.3 is 10.0 Å². The number of hydrogen-bond acceptors (Lipinski definition) is 2. The van der Waals surface area contributed by atoms with Crippen molar-refractivity contribution in [1.29, 1.82) is 0 Å². The van der Waals surface area contributed by atoms with E-state index in [2.05, 4.69) is 6.92 Å². The van der Waals surface area contributed by atoms with Gasteiger partial charge in [-0.2, -0.15) is 0 Å². The van der Waals surface area contributed by atoms with E-state index in [4.69, 9.17) is 5.11 Å². The summed E-state index contributed by atoms with van der Waals surface area (Å²) in [5, 5.41) is 9.04. The predicted molar refractivity (Wildman–Crippen MR) is 84.1 cm³/mol. The number of piperidine rings is 1. The van der Waals surface area contributed by atoms with Crippen molar-refractivity contribution >= 4 is 11.9 Å². The Balaban J connectivity index is 2.16. The largest absolute Gasteiger partial charge is 0.481 e. The summed E-state index contributed by atoms with van der Waals surface area (Å²) >= 11 is 0. The van der Waals surface area contributed by atoms with Crippen LogP contribution < -0.4 is 0 Å². The molecule has 0 radical (unpaired) electrons. The summed E-state index contributed by atoms with van der Waals surface area (Å²) in [5.74, 6) is -0.788. The molecule has 1 N–H and O–H groups in total. The summed E-state index contributed by atoms with van der Waals surface area (Å²) in [5.41, 5.74) is 0. The molecular weight excluding hydrogens is 266 g/mol. The molecule has 0 aromatic carbocycles. The van der Waals surface area contributed by atoms with Crippen LogP contribution in [0.4, 0.5) is 0 Å². The third kappa shape index (κ3) is 6.49. The minimum atomic E-state index is -0.721. The van der Waals surface area contributed by atoms with E-state index in [0.29, 0.717) is 25.8 Å². The zero-order valence-electron chi connectivity index (χ0n) is 13.6. The highest BCUT2D eigenvalue weighted by Gasteiger charge is 2.31. The topological polar surface area (TPSA) is 57.6 Å². The van der Waals surface area contributed by atoms with Gasteiger partial charge in [-0.05, 0) is 26.2 Å². The first-order valence-corrected chi connectivity index (χ1v) is 8.58. The first-order chi connectivity index (χ1) is 10.1. The summed E-state index contributed by atoms with van der Waals surface area (Å²) in [7, 11) is 0. The number of amides is 1. The fraction of sp³-hybridized carbons (Fsp3) is 0.882. The zero-order valence-corrected chi connectivity index (χ0v) is 13.6. The van der Waals surface area contributed by atoms with Crippen LogP contribution in [-0.4, -0.2) is 34.5 Å². The minimum Gasteiger partial charge on any atom is -0.481 e. The molecule has 1 heterocycles. The monoisotopic (exact) mass is 297 g/mol. The van der Waals surface area contributed by atoms with E-state index in [0.717, 1.165) is 12.8 Å². The predicted octanol–water partition coefficient (Wildman–Crippen LogP) is 3.84. The Morgan fingerprint density at radius 2 is 1.71 bits per heavy atom. The Morgan fingerprint density at radius 1 is 1.10 bits per heavy atom. The fourth-order valence-electron chi connectivity index (χ4n) is 3.14. The lowest BCUT2D eigenvalue weighted by Crippen LogP contribution is -2.45. The molecule has 4 heteroatoms. The molecule has 0 aromatic heterocycles. The van der Waals surface area contributed by atoms with Crippen LogP contribution in [0.2, 0.25) is 0 Å². The van der Waals surface area contributed by atoms with Crippen LogP contribution in [-0.2, 0) is 9.59 Å². The first-order valence-electron chi connectivity index (χ1n) is 8.58. The molecule has 1 rings (SSSR count). The molecule has 0 saturated carbocycles. The van der Waals surface area contributed by atoms with Crippen LogP contribution in [0.5, 0.6) is 0 Å². The SMILES string of the molecule is CCCCCCCCCC(=O)N1CCC(C(=O)O)CC1C. The van der Waals surface area contributed by atoms with Gasteiger partial charge in [0.15, 0.2) is 0 Å². The molecule has 1 saturated heterocycles. The Labute approximate surface area is 128 Å². The maximum atomic E-state index is 12.2. The number of carboxylic acids is 1. The molecule has 0 aromatic rings. The second-order valence-corrected chi connectivity index (χ2v) is 6.37. The summed E-state index contributed by atoms with van der Waals surface area (Å²) < 4.78 is 0. The van der Waals surface area contributed by atoms with E-state index in [1.165, 1.54) is 32.1 Å². The van der Waals surface area contributed by atoms with Crippen molar-refractivity contribution in [3.63, 3.8) is 0 Å². The van der Waals surface area contributed by atoms with Gasteiger partial charge in [-0.3, -0.25) is 9.59 Å². The van der Waals surface area contributed by atoms with Crippen LogP contribution in [0.3, 0.4) is 0 Å².